The van der Waals surface area contributed by atoms with Crippen LogP contribution < -0.4 is 16.0 Å². The first kappa shape index (κ1) is 27.4. The number of hydrogen-bond donors (Lipinski definition) is 3. The van der Waals surface area contributed by atoms with Gasteiger partial charge in [0.05, 0.1) is 5.56 Å². The molecule has 0 heterocycles. The van der Waals surface area contributed by atoms with Crippen LogP contribution >= 0.6 is 0 Å². The molecule has 0 aromatic heterocycles. The molecule has 3 unspecified atom stereocenters. The minimum absolute atomic E-state index is 0.0706. The smallest absolute Gasteiger partial charge is 0.350 e. The zero-order valence-corrected chi connectivity index (χ0v) is 21.0. The fraction of sp³-hybridized carbons (Fsp3) is 0.333. The highest BCUT2D eigenvalue weighted by Crippen LogP contribution is 2.40. The van der Waals surface area contributed by atoms with E-state index in [1.165, 1.54) is 5.56 Å². The second-order valence-corrected chi connectivity index (χ2v) is 9.61. The van der Waals surface area contributed by atoms with Gasteiger partial charge in [-0.3, -0.25) is 9.59 Å². The molecule has 4 rings (SSSR count). The number of halogens is 3. The van der Waals surface area contributed by atoms with Crippen molar-refractivity contribution < 1.29 is 22.8 Å². The molecule has 0 bridgehead atoms. The summed E-state index contributed by atoms with van der Waals surface area (Å²) in [6, 6.07) is 23.5. The molecule has 0 spiro atoms. The Balaban J connectivity index is 1.28. The molecule has 3 aromatic rings. The van der Waals surface area contributed by atoms with E-state index in [0.717, 1.165) is 49.2 Å². The lowest BCUT2D eigenvalue weighted by Gasteiger charge is -2.19. The predicted molar refractivity (Wildman–Crippen MR) is 140 cm³/mol. The average Bonchev–Trinajstić information content (AvgIpc) is 3.71. The van der Waals surface area contributed by atoms with Gasteiger partial charge in [0.15, 0.2) is 0 Å². The number of unbranched alkanes of at least 4 members (excludes halogenated alkanes) is 1. The Morgan fingerprint density at radius 2 is 1.53 bits per heavy atom. The molecule has 200 valence electrons. The van der Waals surface area contributed by atoms with E-state index in [0.29, 0.717) is 31.3 Å². The highest BCUT2D eigenvalue weighted by molar-refractivity contribution is 5.97. The number of benzene rings is 3. The molecular weight excluding hydrogens is 491 g/mol. The van der Waals surface area contributed by atoms with Gasteiger partial charge in [-0.2, -0.15) is 13.2 Å². The number of nitrogens with one attached hydrogen (secondary N) is 3. The van der Waals surface area contributed by atoms with Gasteiger partial charge in [-0.05, 0) is 67.6 Å². The normalized spacial score (nSPS) is 17.4. The fourth-order valence-electron chi connectivity index (χ4n) is 4.48. The van der Waals surface area contributed by atoms with Crippen molar-refractivity contribution in [2.24, 2.45) is 0 Å². The van der Waals surface area contributed by atoms with Crippen molar-refractivity contribution in [2.45, 2.75) is 56.4 Å². The van der Waals surface area contributed by atoms with Gasteiger partial charge in [0.1, 0.15) is 6.04 Å². The maximum absolute atomic E-state index is 13.0. The maximum Gasteiger partial charge on any atom is 0.416 e. The van der Waals surface area contributed by atoms with Crippen LogP contribution in [0.3, 0.4) is 0 Å². The number of amides is 2. The van der Waals surface area contributed by atoms with Crippen LogP contribution in [0.5, 0.6) is 0 Å². The molecule has 0 radical (unpaired) electrons. The molecule has 1 fully saturated rings. The largest absolute Gasteiger partial charge is 0.416 e. The molecule has 2 amide bonds. The van der Waals surface area contributed by atoms with Crippen molar-refractivity contribution in [3.05, 3.63) is 107 Å². The summed E-state index contributed by atoms with van der Waals surface area (Å²) < 4.78 is 38.6. The third kappa shape index (κ3) is 7.92. The molecule has 1 aliphatic rings. The van der Waals surface area contributed by atoms with Crippen molar-refractivity contribution in [1.29, 1.82) is 0 Å². The van der Waals surface area contributed by atoms with E-state index in [9.17, 15) is 22.8 Å². The summed E-state index contributed by atoms with van der Waals surface area (Å²) in [7, 11) is 0. The number of carbonyl (C=O) groups is 2. The fourth-order valence-corrected chi connectivity index (χ4v) is 4.48. The van der Waals surface area contributed by atoms with Crippen LogP contribution in [0, 0.1) is 0 Å². The zero-order valence-electron chi connectivity index (χ0n) is 21.0. The van der Waals surface area contributed by atoms with E-state index in [-0.39, 0.29) is 11.5 Å². The van der Waals surface area contributed by atoms with Crippen LogP contribution in [0.4, 0.5) is 13.2 Å². The molecule has 0 aliphatic heterocycles. The molecule has 5 nitrogen and oxygen atoms in total. The molecule has 1 aliphatic carbocycles. The van der Waals surface area contributed by atoms with Crippen molar-refractivity contribution in [2.75, 3.05) is 6.54 Å². The first-order chi connectivity index (χ1) is 18.3. The van der Waals surface area contributed by atoms with Crippen LogP contribution in [-0.4, -0.2) is 30.4 Å². The second-order valence-electron chi connectivity index (χ2n) is 9.61. The quantitative estimate of drug-likeness (QED) is 0.277. The minimum atomic E-state index is -4.48. The van der Waals surface area contributed by atoms with E-state index in [2.05, 4.69) is 28.1 Å². The number of alkyl halides is 3. The van der Waals surface area contributed by atoms with Crippen molar-refractivity contribution in [3.8, 4) is 0 Å². The van der Waals surface area contributed by atoms with Crippen LogP contribution in [0.15, 0.2) is 84.9 Å². The molecule has 8 heteroatoms. The van der Waals surface area contributed by atoms with Crippen molar-refractivity contribution in [3.63, 3.8) is 0 Å². The summed E-state index contributed by atoms with van der Waals surface area (Å²) >= 11 is 0. The summed E-state index contributed by atoms with van der Waals surface area (Å²) in [4.78, 5) is 25.7. The lowest BCUT2D eigenvalue weighted by molar-refractivity contribution is -0.137. The molecule has 38 heavy (non-hydrogen) atoms. The highest BCUT2D eigenvalue weighted by atomic mass is 19.4. The van der Waals surface area contributed by atoms with Gasteiger partial charge in [0, 0.05) is 24.1 Å². The SMILES string of the molecule is O=C(NC(CCCCNC1CC1c1ccccc1)C(=O)NCc1ccccc1)c1ccc(C(F)(F)F)cc1. The minimum Gasteiger partial charge on any atom is -0.350 e. The van der Waals surface area contributed by atoms with Gasteiger partial charge in [-0.25, -0.2) is 0 Å². The highest BCUT2D eigenvalue weighted by Gasteiger charge is 2.37. The summed E-state index contributed by atoms with van der Waals surface area (Å²) in [6.45, 7) is 1.12. The van der Waals surface area contributed by atoms with Crippen LogP contribution in [0.1, 0.15) is 58.6 Å². The lowest BCUT2D eigenvalue weighted by atomic mass is 10.1. The van der Waals surface area contributed by atoms with Gasteiger partial charge >= 0.3 is 6.18 Å². The van der Waals surface area contributed by atoms with Gasteiger partial charge in [-0.1, -0.05) is 60.7 Å². The van der Waals surface area contributed by atoms with E-state index >= 15 is 0 Å². The molecule has 3 atom stereocenters. The Bertz CT molecular complexity index is 1180. The first-order valence-corrected chi connectivity index (χ1v) is 12.9. The molecule has 1 saturated carbocycles. The van der Waals surface area contributed by atoms with Crippen LogP contribution in [0.25, 0.3) is 0 Å². The number of hydrogen-bond acceptors (Lipinski definition) is 3. The van der Waals surface area contributed by atoms with Gasteiger partial charge < -0.3 is 16.0 Å². The molecular formula is C30H32F3N3O2. The van der Waals surface area contributed by atoms with Gasteiger partial charge in [0.2, 0.25) is 5.91 Å². The predicted octanol–water partition coefficient (Wildman–Crippen LogP) is 5.44. The lowest BCUT2D eigenvalue weighted by Crippen LogP contribution is -2.46. The molecule has 0 saturated heterocycles. The third-order valence-electron chi connectivity index (χ3n) is 6.75. The summed E-state index contributed by atoms with van der Waals surface area (Å²) in [6.07, 6.45) is -1.42. The van der Waals surface area contributed by atoms with Gasteiger partial charge in [-0.15, -0.1) is 0 Å². The van der Waals surface area contributed by atoms with E-state index < -0.39 is 23.7 Å². The van der Waals surface area contributed by atoms with Crippen molar-refractivity contribution >= 4 is 11.8 Å². The second kappa shape index (κ2) is 12.7. The number of carbonyl (C=O) groups excluding carboxylic acids is 2. The van der Waals surface area contributed by atoms with E-state index in [4.69, 9.17) is 0 Å². The molecule has 3 aromatic carbocycles. The molecule has 3 N–H and O–H groups in total. The van der Waals surface area contributed by atoms with Crippen LogP contribution in [-0.2, 0) is 17.5 Å². The maximum atomic E-state index is 13.0. The Morgan fingerprint density at radius 3 is 2.18 bits per heavy atom. The first-order valence-electron chi connectivity index (χ1n) is 12.9. The summed E-state index contributed by atoms with van der Waals surface area (Å²) in [5, 5.41) is 9.13. The Morgan fingerprint density at radius 1 is 0.868 bits per heavy atom. The van der Waals surface area contributed by atoms with E-state index in [1.54, 1.807) is 0 Å². The topological polar surface area (TPSA) is 70.2 Å². The zero-order chi connectivity index (χ0) is 27.0. The summed E-state index contributed by atoms with van der Waals surface area (Å²) in [5.74, 6) is -0.371. The third-order valence-corrected chi connectivity index (χ3v) is 6.75. The monoisotopic (exact) mass is 523 g/mol. The average molecular weight is 524 g/mol. The Labute approximate surface area is 220 Å². The van der Waals surface area contributed by atoms with Crippen LogP contribution in [0.2, 0.25) is 0 Å². The van der Waals surface area contributed by atoms with Crippen molar-refractivity contribution in [1.82, 2.24) is 16.0 Å². The standard InChI is InChI=1S/C30H32F3N3O2/c31-30(32,33)24-16-14-23(15-17-24)28(37)36-26(29(38)35-20-21-9-3-1-4-10-21)13-7-8-18-34-27-19-25(27)22-11-5-2-6-12-22/h1-6,9-12,14-17,25-27,34H,7-8,13,18-20H2,(H,35,38)(H,36,37). The summed E-state index contributed by atoms with van der Waals surface area (Å²) in [5.41, 5.74) is 1.51. The number of rotatable bonds is 12. The van der Waals surface area contributed by atoms with Gasteiger partial charge in [0.25, 0.3) is 5.91 Å². The Kier molecular flexibility index (Phi) is 9.18. The Hall–Kier alpha value is -3.65. The van der Waals surface area contributed by atoms with E-state index in [1.807, 2.05) is 48.5 Å².